The van der Waals surface area contributed by atoms with Crippen molar-refractivity contribution in [3.05, 3.63) is 29.3 Å². The molecule has 2 nitrogen and oxygen atoms in total. The minimum Gasteiger partial charge on any atom is -0.383 e. The highest BCUT2D eigenvalue weighted by Crippen LogP contribution is 2.37. The van der Waals surface area contributed by atoms with E-state index in [1.165, 1.54) is 17.8 Å². The van der Waals surface area contributed by atoms with E-state index in [0.717, 1.165) is 0 Å². The number of thioether (sulfide) groups is 1. The van der Waals surface area contributed by atoms with Gasteiger partial charge in [0.05, 0.1) is 12.2 Å². The van der Waals surface area contributed by atoms with Gasteiger partial charge in [0, 0.05) is 25.1 Å². The quantitative estimate of drug-likeness (QED) is 0.613. The lowest BCUT2D eigenvalue weighted by atomic mass is 10.1. The third kappa shape index (κ3) is 5.42. The molecular weight excluding hydrogens is 275 g/mol. The third-order valence-corrected chi connectivity index (χ3v) is 3.42. The Morgan fingerprint density at radius 1 is 1.32 bits per heavy atom. The summed E-state index contributed by atoms with van der Waals surface area (Å²) in [6, 6.07) is 4.50. The first kappa shape index (κ1) is 16.3. The van der Waals surface area contributed by atoms with Crippen molar-refractivity contribution in [2.45, 2.75) is 24.5 Å². The molecule has 0 saturated carbocycles. The second-order valence-corrected chi connectivity index (χ2v) is 5.24. The molecule has 0 radical (unpaired) electrons. The van der Waals surface area contributed by atoms with Crippen LogP contribution in [0, 0.1) is 0 Å². The molecule has 0 fully saturated rings. The SMILES string of the molecule is CCSc1ccc(CNCCOC)cc1C(F)(F)F. The average Bonchev–Trinajstić information content (AvgIpc) is 2.35. The second kappa shape index (κ2) is 7.77. The number of halogens is 3. The van der Waals surface area contributed by atoms with E-state index in [4.69, 9.17) is 4.74 Å². The lowest BCUT2D eigenvalue weighted by molar-refractivity contribution is -0.139. The summed E-state index contributed by atoms with van der Waals surface area (Å²) >= 11 is 1.21. The molecule has 0 atom stereocenters. The van der Waals surface area contributed by atoms with Crippen LogP contribution in [0.4, 0.5) is 13.2 Å². The average molecular weight is 293 g/mol. The summed E-state index contributed by atoms with van der Waals surface area (Å²) in [7, 11) is 1.58. The molecule has 6 heteroatoms. The first-order chi connectivity index (χ1) is 8.99. The van der Waals surface area contributed by atoms with Crippen molar-refractivity contribution in [1.82, 2.24) is 5.32 Å². The monoisotopic (exact) mass is 293 g/mol. The zero-order valence-electron chi connectivity index (χ0n) is 11.0. The molecule has 108 valence electrons. The van der Waals surface area contributed by atoms with Crippen LogP contribution in [0.25, 0.3) is 0 Å². The van der Waals surface area contributed by atoms with Gasteiger partial charge in [0.15, 0.2) is 0 Å². The highest BCUT2D eigenvalue weighted by Gasteiger charge is 2.33. The summed E-state index contributed by atoms with van der Waals surface area (Å²) in [5, 5.41) is 3.03. The number of methoxy groups -OCH3 is 1. The predicted molar refractivity (Wildman–Crippen MR) is 71.4 cm³/mol. The van der Waals surface area contributed by atoms with E-state index in [1.807, 2.05) is 6.92 Å². The predicted octanol–water partition coefficient (Wildman–Crippen LogP) is 3.55. The minimum atomic E-state index is -4.31. The maximum Gasteiger partial charge on any atom is 0.417 e. The molecule has 0 aliphatic heterocycles. The lowest BCUT2D eigenvalue weighted by Crippen LogP contribution is -2.19. The Labute approximate surface area is 115 Å². The van der Waals surface area contributed by atoms with Gasteiger partial charge in [0.25, 0.3) is 0 Å². The van der Waals surface area contributed by atoms with E-state index >= 15 is 0 Å². The third-order valence-electron chi connectivity index (χ3n) is 2.46. The molecule has 1 N–H and O–H groups in total. The molecule has 19 heavy (non-hydrogen) atoms. The Morgan fingerprint density at radius 3 is 2.63 bits per heavy atom. The first-order valence-corrected chi connectivity index (χ1v) is 7.00. The van der Waals surface area contributed by atoms with Crippen LogP contribution in [-0.4, -0.2) is 26.0 Å². The maximum atomic E-state index is 12.9. The van der Waals surface area contributed by atoms with Crippen molar-refractivity contribution in [2.24, 2.45) is 0 Å². The van der Waals surface area contributed by atoms with Crippen LogP contribution >= 0.6 is 11.8 Å². The van der Waals surface area contributed by atoms with E-state index < -0.39 is 11.7 Å². The zero-order valence-corrected chi connectivity index (χ0v) is 11.8. The molecule has 0 amide bonds. The molecule has 0 bridgehead atoms. The summed E-state index contributed by atoms with van der Waals surface area (Å²) in [4.78, 5) is 0.288. The van der Waals surface area contributed by atoms with Crippen molar-refractivity contribution in [3.8, 4) is 0 Å². The molecule has 0 heterocycles. The zero-order chi connectivity index (χ0) is 14.3. The maximum absolute atomic E-state index is 12.9. The van der Waals surface area contributed by atoms with Crippen LogP contribution in [0.2, 0.25) is 0 Å². The van der Waals surface area contributed by atoms with Gasteiger partial charge >= 0.3 is 6.18 Å². The molecule has 0 saturated heterocycles. The number of nitrogens with one attached hydrogen (secondary N) is 1. The molecule has 0 spiro atoms. The van der Waals surface area contributed by atoms with Crippen molar-refractivity contribution in [1.29, 1.82) is 0 Å². The molecule has 1 aromatic carbocycles. The fourth-order valence-corrected chi connectivity index (χ4v) is 2.40. The molecule has 0 unspecified atom stereocenters. The fraction of sp³-hybridized carbons (Fsp3) is 0.538. The van der Waals surface area contributed by atoms with Gasteiger partial charge in [0.1, 0.15) is 0 Å². The van der Waals surface area contributed by atoms with Gasteiger partial charge in [-0.2, -0.15) is 13.2 Å². The number of alkyl halides is 3. The van der Waals surface area contributed by atoms with Gasteiger partial charge in [-0.05, 0) is 23.4 Å². The Hall–Kier alpha value is -0.720. The van der Waals surface area contributed by atoms with E-state index in [0.29, 0.717) is 31.0 Å². The van der Waals surface area contributed by atoms with Crippen LogP contribution in [0.1, 0.15) is 18.1 Å². The molecule has 0 aliphatic rings. The Bertz CT molecular complexity index is 396. The second-order valence-electron chi connectivity index (χ2n) is 3.93. The standard InChI is InChI=1S/C13H18F3NOS/c1-3-19-12-5-4-10(9-17-6-7-18-2)8-11(12)13(14,15)16/h4-5,8,17H,3,6-7,9H2,1-2H3. The van der Waals surface area contributed by atoms with Gasteiger partial charge in [-0.3, -0.25) is 0 Å². The van der Waals surface area contributed by atoms with Crippen molar-refractivity contribution >= 4 is 11.8 Å². The van der Waals surface area contributed by atoms with E-state index in [2.05, 4.69) is 5.32 Å². The normalized spacial score (nSPS) is 11.8. The molecule has 1 rings (SSSR count). The number of hydrogen-bond donors (Lipinski definition) is 1. The smallest absolute Gasteiger partial charge is 0.383 e. The summed E-state index contributed by atoms with van der Waals surface area (Å²) in [5.74, 6) is 0.620. The van der Waals surface area contributed by atoms with Gasteiger partial charge in [-0.15, -0.1) is 11.8 Å². The Kier molecular flexibility index (Phi) is 6.68. The topological polar surface area (TPSA) is 21.3 Å². The fourth-order valence-electron chi connectivity index (χ4n) is 1.60. The highest BCUT2D eigenvalue weighted by atomic mass is 32.2. The van der Waals surface area contributed by atoms with E-state index in [1.54, 1.807) is 19.2 Å². The summed E-state index contributed by atoms with van der Waals surface area (Å²) in [6.45, 7) is 3.40. The van der Waals surface area contributed by atoms with Crippen LogP contribution in [0.5, 0.6) is 0 Å². The summed E-state index contributed by atoms with van der Waals surface area (Å²) in [6.07, 6.45) is -4.31. The van der Waals surface area contributed by atoms with Crippen LogP contribution in [0.3, 0.4) is 0 Å². The van der Waals surface area contributed by atoms with Gasteiger partial charge in [0.2, 0.25) is 0 Å². The van der Waals surface area contributed by atoms with Crippen molar-refractivity contribution < 1.29 is 17.9 Å². The largest absolute Gasteiger partial charge is 0.417 e. The number of rotatable bonds is 7. The van der Waals surface area contributed by atoms with Crippen LogP contribution in [0.15, 0.2) is 23.1 Å². The lowest BCUT2D eigenvalue weighted by Gasteiger charge is -2.14. The summed E-state index contributed by atoms with van der Waals surface area (Å²) < 4.78 is 43.7. The number of benzene rings is 1. The van der Waals surface area contributed by atoms with Crippen molar-refractivity contribution in [2.75, 3.05) is 26.0 Å². The van der Waals surface area contributed by atoms with E-state index in [9.17, 15) is 13.2 Å². The van der Waals surface area contributed by atoms with Gasteiger partial charge < -0.3 is 10.1 Å². The highest BCUT2D eigenvalue weighted by molar-refractivity contribution is 7.99. The Balaban J connectivity index is 2.80. The number of hydrogen-bond acceptors (Lipinski definition) is 3. The van der Waals surface area contributed by atoms with Crippen LogP contribution < -0.4 is 5.32 Å². The minimum absolute atomic E-state index is 0.288. The van der Waals surface area contributed by atoms with Crippen LogP contribution in [-0.2, 0) is 17.5 Å². The number of ether oxygens (including phenoxy) is 1. The summed E-state index contributed by atoms with van der Waals surface area (Å²) in [5.41, 5.74) is 0.0780. The molecular formula is C13H18F3NOS. The van der Waals surface area contributed by atoms with Gasteiger partial charge in [-0.25, -0.2) is 0 Å². The first-order valence-electron chi connectivity index (χ1n) is 6.01. The van der Waals surface area contributed by atoms with E-state index in [-0.39, 0.29) is 4.90 Å². The molecule has 0 aromatic heterocycles. The Morgan fingerprint density at radius 2 is 2.05 bits per heavy atom. The van der Waals surface area contributed by atoms with Gasteiger partial charge in [-0.1, -0.05) is 13.0 Å². The van der Waals surface area contributed by atoms with Crippen molar-refractivity contribution in [3.63, 3.8) is 0 Å². The molecule has 1 aromatic rings. The molecule has 0 aliphatic carbocycles.